The first kappa shape index (κ1) is 35.0. The molecule has 0 rings (SSSR count). The summed E-state index contributed by atoms with van der Waals surface area (Å²) >= 11 is 0. The number of Topliss-reactive ketones (excluding diaryl/α,β-unsaturated/α-hetero) is 1. The zero-order valence-corrected chi connectivity index (χ0v) is 24.7. The van der Waals surface area contributed by atoms with Crippen LogP contribution in [0.3, 0.4) is 0 Å². The lowest BCUT2D eigenvalue weighted by molar-refractivity contribution is -0.150. The van der Waals surface area contributed by atoms with Crippen molar-refractivity contribution < 1.29 is 24.2 Å². The van der Waals surface area contributed by atoms with E-state index in [9.17, 15) is 14.7 Å². The molecule has 0 saturated carbocycles. The van der Waals surface area contributed by atoms with Crippen molar-refractivity contribution >= 4 is 11.8 Å². The van der Waals surface area contributed by atoms with Gasteiger partial charge in [0.2, 0.25) is 0 Å². The van der Waals surface area contributed by atoms with Gasteiger partial charge in [0, 0.05) is 0 Å². The number of rotatable bonds is 25. The lowest BCUT2D eigenvalue weighted by Crippen LogP contribution is -2.45. The maximum Gasteiger partial charge on any atom is 0.320 e. The van der Waals surface area contributed by atoms with E-state index in [-0.39, 0.29) is 31.4 Å². The van der Waals surface area contributed by atoms with Crippen LogP contribution in [0.5, 0.6) is 0 Å². The minimum absolute atomic E-state index is 0.0663. The van der Waals surface area contributed by atoms with Crippen LogP contribution in [-0.2, 0) is 19.1 Å². The maximum absolute atomic E-state index is 12.5. The van der Waals surface area contributed by atoms with E-state index < -0.39 is 11.2 Å². The van der Waals surface area contributed by atoms with Crippen molar-refractivity contribution in [3.63, 3.8) is 0 Å². The van der Waals surface area contributed by atoms with Crippen LogP contribution >= 0.6 is 0 Å². The predicted octanol–water partition coefficient (Wildman–Crippen LogP) is 6.86. The molecule has 0 aromatic heterocycles. The molecule has 0 atom stereocenters. The number of hydrogen-bond donors (Lipinski definition) is 1. The van der Waals surface area contributed by atoms with Gasteiger partial charge < -0.3 is 14.6 Å². The first-order valence-electron chi connectivity index (χ1n) is 14.7. The average molecular weight is 514 g/mol. The van der Waals surface area contributed by atoms with E-state index in [1.54, 1.807) is 39.6 Å². The Labute approximate surface area is 222 Å². The second-order valence-corrected chi connectivity index (χ2v) is 11.7. The Hall–Kier alpha value is -0.980. The zero-order chi connectivity index (χ0) is 27.3. The summed E-state index contributed by atoms with van der Waals surface area (Å²) in [4.78, 5) is 26.2. The molecule has 0 saturated heterocycles. The van der Waals surface area contributed by atoms with Gasteiger partial charge in [-0.25, -0.2) is 0 Å². The molecule has 0 aromatic rings. The number of unbranched alkanes of at least 4 members (excludes halogenated alkanes) is 15. The number of ketones is 1. The van der Waals surface area contributed by atoms with Crippen LogP contribution in [-0.4, -0.2) is 66.3 Å². The number of carbonyl (C=O) groups excluding carboxylic acids is 2. The van der Waals surface area contributed by atoms with Crippen LogP contribution in [0.2, 0.25) is 0 Å². The van der Waals surface area contributed by atoms with Crippen LogP contribution in [0.25, 0.3) is 0 Å². The summed E-state index contributed by atoms with van der Waals surface area (Å²) in [6.45, 7) is 9.59. The van der Waals surface area contributed by atoms with Crippen LogP contribution in [0.4, 0.5) is 0 Å². The van der Waals surface area contributed by atoms with E-state index in [4.69, 9.17) is 9.47 Å². The van der Waals surface area contributed by atoms with Crippen LogP contribution in [0, 0.1) is 0 Å². The highest BCUT2D eigenvalue weighted by Gasteiger charge is 2.31. The van der Waals surface area contributed by atoms with Gasteiger partial charge in [0.15, 0.2) is 5.78 Å². The molecule has 0 aliphatic heterocycles. The van der Waals surface area contributed by atoms with E-state index in [0.717, 1.165) is 12.8 Å². The third kappa shape index (κ3) is 22.2. The monoisotopic (exact) mass is 513 g/mol. The molecule has 0 spiro atoms. The van der Waals surface area contributed by atoms with Gasteiger partial charge in [-0.1, -0.05) is 103 Å². The predicted molar refractivity (Wildman–Crippen MR) is 149 cm³/mol. The van der Waals surface area contributed by atoms with Gasteiger partial charge in [-0.3, -0.25) is 14.5 Å². The molecule has 0 amide bonds. The molecule has 36 heavy (non-hydrogen) atoms. The minimum atomic E-state index is -1.02. The Balaban J connectivity index is 3.60. The molecule has 0 fully saturated rings. The number of hydrogen-bond acceptors (Lipinski definition) is 6. The van der Waals surface area contributed by atoms with Crippen molar-refractivity contribution in [3.05, 3.63) is 0 Å². The molecule has 214 valence electrons. The Morgan fingerprint density at radius 1 is 0.694 bits per heavy atom. The molecular formula is C30H59NO5. The SMILES string of the molecule is CCCCCCCCCCCCCCCCCCOC(=O)CN(C)CC(=O)C(C)(C)OCC(C)(C)O. The molecule has 0 radical (unpaired) electrons. The highest BCUT2D eigenvalue weighted by molar-refractivity contribution is 5.88. The van der Waals surface area contributed by atoms with E-state index >= 15 is 0 Å². The second kappa shape index (κ2) is 21.0. The summed E-state index contributed by atoms with van der Waals surface area (Å²) in [7, 11) is 1.72. The fraction of sp³-hybridized carbons (Fsp3) is 0.933. The fourth-order valence-corrected chi connectivity index (χ4v) is 4.03. The topological polar surface area (TPSA) is 76.1 Å². The third-order valence-corrected chi connectivity index (χ3v) is 6.53. The van der Waals surface area contributed by atoms with Crippen molar-refractivity contribution in [1.29, 1.82) is 0 Å². The van der Waals surface area contributed by atoms with Gasteiger partial charge in [-0.2, -0.15) is 0 Å². The molecule has 0 aliphatic rings. The van der Waals surface area contributed by atoms with Crippen molar-refractivity contribution in [2.45, 2.75) is 149 Å². The Bertz CT molecular complexity index is 556. The first-order chi connectivity index (χ1) is 17.0. The molecule has 0 heterocycles. The van der Waals surface area contributed by atoms with Crippen molar-refractivity contribution in [2.75, 3.05) is 33.4 Å². The van der Waals surface area contributed by atoms with Gasteiger partial charge >= 0.3 is 5.97 Å². The highest BCUT2D eigenvalue weighted by Crippen LogP contribution is 2.16. The zero-order valence-electron chi connectivity index (χ0n) is 24.7. The molecule has 1 N–H and O–H groups in total. The molecule has 0 aromatic carbocycles. The summed E-state index contributed by atoms with van der Waals surface area (Å²) in [5.41, 5.74) is -2.02. The van der Waals surface area contributed by atoms with Gasteiger partial charge in [0.05, 0.1) is 31.9 Å². The average Bonchev–Trinajstić information content (AvgIpc) is 2.79. The van der Waals surface area contributed by atoms with Crippen molar-refractivity contribution in [1.82, 2.24) is 4.90 Å². The van der Waals surface area contributed by atoms with Crippen LogP contribution in [0.1, 0.15) is 137 Å². The van der Waals surface area contributed by atoms with Crippen molar-refractivity contribution in [3.8, 4) is 0 Å². The Kier molecular flexibility index (Phi) is 20.4. The largest absolute Gasteiger partial charge is 0.465 e. The van der Waals surface area contributed by atoms with Crippen molar-refractivity contribution in [2.24, 2.45) is 0 Å². The molecule has 0 unspecified atom stereocenters. The van der Waals surface area contributed by atoms with Gasteiger partial charge in [-0.05, 0) is 41.2 Å². The van der Waals surface area contributed by atoms with E-state index in [0.29, 0.717) is 6.61 Å². The van der Waals surface area contributed by atoms with Crippen LogP contribution in [0.15, 0.2) is 0 Å². The second-order valence-electron chi connectivity index (χ2n) is 11.7. The normalized spacial score (nSPS) is 12.3. The van der Waals surface area contributed by atoms with Gasteiger partial charge in [0.25, 0.3) is 0 Å². The number of likely N-dealkylation sites (N-methyl/N-ethyl adjacent to an activating group) is 1. The molecule has 6 heteroatoms. The maximum atomic E-state index is 12.5. The summed E-state index contributed by atoms with van der Waals surface area (Å²) in [5, 5.41) is 9.80. The minimum Gasteiger partial charge on any atom is -0.465 e. The summed E-state index contributed by atoms with van der Waals surface area (Å²) < 4.78 is 10.9. The van der Waals surface area contributed by atoms with Gasteiger partial charge in [0.1, 0.15) is 5.60 Å². The number of ether oxygens (including phenoxy) is 2. The highest BCUT2D eigenvalue weighted by atomic mass is 16.5. The smallest absolute Gasteiger partial charge is 0.320 e. The third-order valence-electron chi connectivity index (χ3n) is 6.53. The standard InChI is InChI=1S/C30H59NO5/c1-7-8-9-10-11-12-13-14-15-16-17-18-19-20-21-22-23-35-28(33)25-31(6)24-27(32)30(4,5)36-26-29(2,3)34/h34H,7-26H2,1-6H3. The van der Waals surface area contributed by atoms with Gasteiger partial charge in [-0.15, -0.1) is 0 Å². The molecule has 0 aliphatic carbocycles. The van der Waals surface area contributed by atoms with E-state index in [2.05, 4.69) is 6.92 Å². The molecular weight excluding hydrogens is 454 g/mol. The van der Waals surface area contributed by atoms with Crippen LogP contribution < -0.4 is 0 Å². The summed E-state index contributed by atoms with van der Waals surface area (Å²) in [5.74, 6) is -0.443. The summed E-state index contributed by atoms with van der Waals surface area (Å²) in [6, 6.07) is 0. The van der Waals surface area contributed by atoms with E-state index in [1.165, 1.54) is 89.9 Å². The fourth-order valence-electron chi connectivity index (χ4n) is 4.03. The number of esters is 1. The number of aliphatic hydroxyl groups is 1. The number of nitrogens with zero attached hydrogens (tertiary/aromatic N) is 1. The Morgan fingerprint density at radius 2 is 1.11 bits per heavy atom. The quantitative estimate of drug-likeness (QED) is 0.106. The first-order valence-corrected chi connectivity index (χ1v) is 14.7. The lowest BCUT2D eigenvalue weighted by Gasteiger charge is -2.29. The summed E-state index contributed by atoms with van der Waals surface area (Å²) in [6.07, 6.45) is 21.1. The lowest BCUT2D eigenvalue weighted by atomic mass is 10.0. The van der Waals surface area contributed by atoms with E-state index in [1.807, 2.05) is 0 Å². The molecule has 0 bridgehead atoms. The molecule has 6 nitrogen and oxygen atoms in total. The number of carbonyl (C=O) groups is 2. The Morgan fingerprint density at radius 3 is 1.53 bits per heavy atom.